The first-order chi connectivity index (χ1) is 14.7. The van der Waals surface area contributed by atoms with Crippen molar-refractivity contribution in [3.63, 3.8) is 0 Å². The third-order valence-corrected chi connectivity index (χ3v) is 5.99. The molecule has 2 aromatic rings. The maximum Gasteiger partial charge on any atom is 0.416 e. The molecule has 0 aliphatic carbocycles. The lowest BCUT2D eigenvalue weighted by molar-refractivity contribution is -0.137. The predicted octanol–water partition coefficient (Wildman–Crippen LogP) is 5.88. The van der Waals surface area contributed by atoms with Gasteiger partial charge >= 0.3 is 12.1 Å². The van der Waals surface area contributed by atoms with Crippen LogP contribution >= 0.6 is 11.8 Å². The fraction of sp³-hybridized carbons (Fsp3) is 0.261. The lowest BCUT2D eigenvalue weighted by Crippen LogP contribution is -2.27. The Balaban J connectivity index is 1.70. The first-order valence-corrected chi connectivity index (χ1v) is 10.6. The standard InChI is InChI=1S/C23H21F4NO2S/c24-19-10-8-16(9-11-19)5-3-13-31-21-20(22(29)30)7-2-12-28(21)15-17-4-1-6-18(14-17)23(25,26)27/h1-2,4,6-11,14H,3,5,12-13,15H2,(H,29,30). The normalized spacial score (nSPS) is 14.3. The number of rotatable bonds is 8. The fourth-order valence-corrected chi connectivity index (χ4v) is 4.37. The number of hydrogen-bond acceptors (Lipinski definition) is 3. The SMILES string of the molecule is O=C(O)C1=C(SCCCc2ccc(F)cc2)N(Cc2cccc(C(F)(F)F)c2)CC=C1. The number of benzene rings is 2. The first kappa shape index (κ1) is 22.9. The Kier molecular flexibility index (Phi) is 7.43. The summed E-state index contributed by atoms with van der Waals surface area (Å²) < 4.78 is 52.1. The molecule has 1 aliphatic heterocycles. The van der Waals surface area contributed by atoms with E-state index in [-0.39, 0.29) is 17.9 Å². The van der Waals surface area contributed by atoms with Gasteiger partial charge in [0.2, 0.25) is 0 Å². The Hall–Kier alpha value is -2.74. The third kappa shape index (κ3) is 6.37. The van der Waals surface area contributed by atoms with Crippen molar-refractivity contribution in [3.05, 3.63) is 93.8 Å². The minimum absolute atomic E-state index is 0.130. The van der Waals surface area contributed by atoms with Gasteiger partial charge in [0.25, 0.3) is 0 Å². The maximum atomic E-state index is 13.0. The molecule has 0 radical (unpaired) electrons. The first-order valence-electron chi connectivity index (χ1n) is 9.66. The zero-order chi connectivity index (χ0) is 22.4. The van der Waals surface area contributed by atoms with Crippen LogP contribution in [0.1, 0.15) is 23.1 Å². The average molecular weight is 451 g/mol. The van der Waals surface area contributed by atoms with Gasteiger partial charge in [0.05, 0.1) is 16.2 Å². The van der Waals surface area contributed by atoms with E-state index in [4.69, 9.17) is 0 Å². The monoisotopic (exact) mass is 451 g/mol. The largest absolute Gasteiger partial charge is 0.478 e. The molecule has 0 bridgehead atoms. The van der Waals surface area contributed by atoms with Crippen LogP contribution in [0.4, 0.5) is 17.6 Å². The van der Waals surface area contributed by atoms with E-state index in [2.05, 4.69) is 0 Å². The number of halogens is 4. The number of hydrogen-bond donors (Lipinski definition) is 1. The zero-order valence-corrected chi connectivity index (χ0v) is 17.3. The van der Waals surface area contributed by atoms with E-state index in [1.54, 1.807) is 29.2 Å². The highest BCUT2D eigenvalue weighted by atomic mass is 32.2. The second-order valence-corrected chi connectivity index (χ2v) is 8.17. The topological polar surface area (TPSA) is 40.5 Å². The molecule has 0 fully saturated rings. The van der Waals surface area contributed by atoms with Gasteiger partial charge in [-0.05, 0) is 60.1 Å². The Morgan fingerprint density at radius 2 is 1.84 bits per heavy atom. The van der Waals surface area contributed by atoms with Gasteiger partial charge in [-0.1, -0.05) is 30.3 Å². The molecule has 0 atom stereocenters. The third-order valence-electron chi connectivity index (χ3n) is 4.75. The number of carboxylic acids is 1. The van der Waals surface area contributed by atoms with Crippen LogP contribution in [0, 0.1) is 5.82 Å². The molecule has 3 rings (SSSR count). The van der Waals surface area contributed by atoms with Crippen molar-refractivity contribution >= 4 is 17.7 Å². The van der Waals surface area contributed by atoms with Crippen molar-refractivity contribution < 1.29 is 27.5 Å². The van der Waals surface area contributed by atoms with E-state index in [1.807, 2.05) is 0 Å². The second kappa shape index (κ2) is 10.0. The molecule has 8 heteroatoms. The minimum atomic E-state index is -4.43. The fourth-order valence-electron chi connectivity index (χ4n) is 3.25. The van der Waals surface area contributed by atoms with Gasteiger partial charge < -0.3 is 10.0 Å². The molecule has 31 heavy (non-hydrogen) atoms. The van der Waals surface area contributed by atoms with Gasteiger partial charge in [0, 0.05) is 13.1 Å². The lowest BCUT2D eigenvalue weighted by Gasteiger charge is -2.30. The molecule has 2 aromatic carbocycles. The average Bonchev–Trinajstić information content (AvgIpc) is 2.72. The number of carbonyl (C=O) groups is 1. The van der Waals surface area contributed by atoms with Crippen LogP contribution in [-0.2, 0) is 23.9 Å². The van der Waals surface area contributed by atoms with Crippen LogP contribution in [0.25, 0.3) is 0 Å². The number of carboxylic acid groups (broad SMARTS) is 1. The highest BCUT2D eigenvalue weighted by molar-refractivity contribution is 8.03. The van der Waals surface area contributed by atoms with Crippen LogP contribution in [0.3, 0.4) is 0 Å². The van der Waals surface area contributed by atoms with Crippen molar-refractivity contribution in [3.8, 4) is 0 Å². The zero-order valence-electron chi connectivity index (χ0n) is 16.5. The van der Waals surface area contributed by atoms with E-state index in [1.165, 1.54) is 36.0 Å². The Bertz CT molecular complexity index is 984. The summed E-state index contributed by atoms with van der Waals surface area (Å²) in [6, 6.07) is 11.3. The van der Waals surface area contributed by atoms with Crippen molar-refractivity contribution in [2.24, 2.45) is 0 Å². The van der Waals surface area contributed by atoms with E-state index >= 15 is 0 Å². The summed E-state index contributed by atoms with van der Waals surface area (Å²) in [5, 5.41) is 10.1. The summed E-state index contributed by atoms with van der Waals surface area (Å²) in [5.41, 5.74) is 0.844. The van der Waals surface area contributed by atoms with Crippen LogP contribution in [0.5, 0.6) is 0 Å². The van der Waals surface area contributed by atoms with Crippen molar-refractivity contribution in [1.29, 1.82) is 0 Å². The smallest absolute Gasteiger partial charge is 0.416 e. The van der Waals surface area contributed by atoms with Crippen LogP contribution in [0.15, 0.2) is 71.3 Å². The highest BCUT2D eigenvalue weighted by Crippen LogP contribution is 2.33. The number of aliphatic carboxylic acids is 1. The number of thioether (sulfide) groups is 1. The maximum absolute atomic E-state index is 13.0. The molecule has 0 unspecified atom stereocenters. The molecule has 3 nitrogen and oxygen atoms in total. The predicted molar refractivity (Wildman–Crippen MR) is 113 cm³/mol. The molecule has 0 spiro atoms. The molecule has 0 aromatic heterocycles. The van der Waals surface area contributed by atoms with E-state index < -0.39 is 17.7 Å². The van der Waals surface area contributed by atoms with E-state index in [0.717, 1.165) is 24.1 Å². The molecule has 0 saturated carbocycles. The van der Waals surface area contributed by atoms with Crippen LogP contribution in [-0.4, -0.2) is 28.3 Å². The number of nitrogens with zero attached hydrogens (tertiary/aromatic N) is 1. The highest BCUT2D eigenvalue weighted by Gasteiger charge is 2.30. The lowest BCUT2D eigenvalue weighted by atomic mass is 10.1. The van der Waals surface area contributed by atoms with Crippen molar-refractivity contribution in [1.82, 2.24) is 4.90 Å². The summed E-state index contributed by atoms with van der Waals surface area (Å²) >= 11 is 1.37. The summed E-state index contributed by atoms with van der Waals surface area (Å²) in [6.45, 7) is 0.582. The molecule has 1 aliphatic rings. The van der Waals surface area contributed by atoms with Gasteiger partial charge in [-0.3, -0.25) is 0 Å². The van der Waals surface area contributed by atoms with Gasteiger partial charge in [0.1, 0.15) is 5.82 Å². The van der Waals surface area contributed by atoms with Gasteiger partial charge in [-0.15, -0.1) is 11.8 Å². The molecule has 1 heterocycles. The molecule has 0 saturated heterocycles. The summed E-state index contributed by atoms with van der Waals surface area (Å²) in [7, 11) is 0. The minimum Gasteiger partial charge on any atom is -0.478 e. The summed E-state index contributed by atoms with van der Waals surface area (Å²) in [4.78, 5) is 13.5. The Labute approximate surface area is 182 Å². The van der Waals surface area contributed by atoms with Crippen molar-refractivity contribution in [2.45, 2.75) is 25.6 Å². The number of aryl methyl sites for hydroxylation is 1. The molecular weight excluding hydrogens is 430 g/mol. The molecule has 164 valence electrons. The van der Waals surface area contributed by atoms with Crippen molar-refractivity contribution in [2.75, 3.05) is 12.3 Å². The van der Waals surface area contributed by atoms with Crippen LogP contribution < -0.4 is 0 Å². The van der Waals surface area contributed by atoms with E-state index in [0.29, 0.717) is 29.3 Å². The Morgan fingerprint density at radius 3 is 2.52 bits per heavy atom. The second-order valence-electron chi connectivity index (χ2n) is 7.08. The molecule has 1 N–H and O–H groups in total. The summed E-state index contributed by atoms with van der Waals surface area (Å²) in [6.07, 6.45) is 0.255. The molecular formula is C23H21F4NO2S. The summed E-state index contributed by atoms with van der Waals surface area (Å²) in [5.74, 6) is -0.754. The Morgan fingerprint density at radius 1 is 1.10 bits per heavy atom. The quantitative estimate of drug-likeness (QED) is 0.402. The van der Waals surface area contributed by atoms with Gasteiger partial charge in [-0.2, -0.15) is 13.2 Å². The van der Waals surface area contributed by atoms with Crippen LogP contribution in [0.2, 0.25) is 0 Å². The van der Waals surface area contributed by atoms with Gasteiger partial charge in [-0.25, -0.2) is 9.18 Å². The molecule has 0 amide bonds. The number of alkyl halides is 3. The van der Waals surface area contributed by atoms with Gasteiger partial charge in [0.15, 0.2) is 0 Å². The van der Waals surface area contributed by atoms with E-state index in [9.17, 15) is 27.5 Å².